The summed E-state index contributed by atoms with van der Waals surface area (Å²) in [4.78, 5) is 3.78. The number of hydrogen-bond acceptors (Lipinski definition) is 3. The summed E-state index contributed by atoms with van der Waals surface area (Å²) < 4.78 is 26.5. The van der Waals surface area contributed by atoms with Crippen LogP contribution >= 0.6 is 23.2 Å². The lowest BCUT2D eigenvalue weighted by Gasteiger charge is -2.09. The van der Waals surface area contributed by atoms with Gasteiger partial charge in [-0.1, -0.05) is 23.2 Å². The molecule has 1 aromatic carbocycles. The Bertz CT molecular complexity index is 660. The second kappa shape index (κ2) is 5.14. The van der Waals surface area contributed by atoms with Crippen LogP contribution in [0, 0.1) is 0 Å². The highest BCUT2D eigenvalue weighted by Crippen LogP contribution is 2.26. The van der Waals surface area contributed by atoms with Crippen molar-refractivity contribution in [2.45, 2.75) is 4.90 Å². The minimum atomic E-state index is -3.73. The zero-order chi connectivity index (χ0) is 13.2. The molecule has 0 saturated carbocycles. The van der Waals surface area contributed by atoms with Crippen LogP contribution in [-0.2, 0) is 10.0 Å². The van der Waals surface area contributed by atoms with E-state index in [9.17, 15) is 8.42 Å². The largest absolute Gasteiger partial charge is 0.279 e. The normalized spacial score (nSPS) is 11.2. The number of aromatic nitrogens is 1. The third-order valence-electron chi connectivity index (χ3n) is 2.12. The summed E-state index contributed by atoms with van der Waals surface area (Å²) in [6.07, 6.45) is 2.97. The maximum atomic E-state index is 12.1. The van der Waals surface area contributed by atoms with Gasteiger partial charge < -0.3 is 0 Å². The van der Waals surface area contributed by atoms with Gasteiger partial charge in [0.25, 0.3) is 10.0 Å². The highest BCUT2D eigenvalue weighted by atomic mass is 35.5. The van der Waals surface area contributed by atoms with E-state index < -0.39 is 10.0 Å². The van der Waals surface area contributed by atoms with Crippen molar-refractivity contribution in [1.29, 1.82) is 0 Å². The molecule has 1 N–H and O–H groups in total. The Morgan fingerprint density at radius 3 is 2.33 bits per heavy atom. The molecule has 0 amide bonds. The van der Waals surface area contributed by atoms with Crippen LogP contribution in [0.15, 0.2) is 47.6 Å². The Balaban J connectivity index is 2.37. The van der Waals surface area contributed by atoms with Gasteiger partial charge in [-0.05, 0) is 30.3 Å². The molecule has 0 spiro atoms. The first-order valence-electron chi connectivity index (χ1n) is 4.87. The van der Waals surface area contributed by atoms with Crippen LogP contribution in [0.25, 0.3) is 0 Å². The minimum Gasteiger partial charge on any atom is -0.279 e. The van der Waals surface area contributed by atoms with Crippen molar-refractivity contribution in [3.05, 3.63) is 52.8 Å². The number of hydrogen-bond donors (Lipinski definition) is 1. The average molecular weight is 303 g/mol. The van der Waals surface area contributed by atoms with Gasteiger partial charge in [0, 0.05) is 17.4 Å². The van der Waals surface area contributed by atoms with Gasteiger partial charge in [-0.15, -0.1) is 0 Å². The predicted molar refractivity (Wildman–Crippen MR) is 71.5 cm³/mol. The summed E-state index contributed by atoms with van der Waals surface area (Å²) >= 11 is 11.6. The first kappa shape index (κ1) is 13.1. The Morgan fingerprint density at radius 1 is 1.06 bits per heavy atom. The molecule has 0 unspecified atom stereocenters. The first-order chi connectivity index (χ1) is 8.49. The Morgan fingerprint density at radius 2 is 1.72 bits per heavy atom. The number of nitrogens with zero attached hydrogens (tertiary/aromatic N) is 1. The molecule has 0 saturated heterocycles. The molecule has 94 valence electrons. The number of halogens is 2. The summed E-state index contributed by atoms with van der Waals surface area (Å²) in [6, 6.07) is 7.29. The molecule has 7 heteroatoms. The highest BCUT2D eigenvalue weighted by molar-refractivity contribution is 7.92. The number of benzene rings is 1. The fraction of sp³-hybridized carbons (Fsp3) is 0. The highest BCUT2D eigenvalue weighted by Gasteiger charge is 2.18. The van der Waals surface area contributed by atoms with Crippen molar-refractivity contribution in [2.24, 2.45) is 0 Å². The van der Waals surface area contributed by atoms with Crippen LogP contribution in [0.5, 0.6) is 0 Å². The van der Waals surface area contributed by atoms with Gasteiger partial charge in [-0.25, -0.2) is 8.42 Å². The molecule has 0 atom stereocenters. The molecule has 2 rings (SSSR count). The summed E-state index contributed by atoms with van der Waals surface area (Å²) in [5.41, 5.74) is 0.413. The number of rotatable bonds is 3. The van der Waals surface area contributed by atoms with E-state index in [0.717, 1.165) is 0 Å². The monoisotopic (exact) mass is 302 g/mol. The molecule has 0 aliphatic rings. The van der Waals surface area contributed by atoms with Crippen molar-refractivity contribution in [3.63, 3.8) is 0 Å². The van der Waals surface area contributed by atoms with Crippen molar-refractivity contribution < 1.29 is 8.42 Å². The van der Waals surface area contributed by atoms with Crippen LogP contribution in [0.2, 0.25) is 10.0 Å². The van der Waals surface area contributed by atoms with Gasteiger partial charge in [0.05, 0.1) is 10.7 Å². The fourth-order valence-electron chi connectivity index (χ4n) is 1.32. The van der Waals surface area contributed by atoms with Gasteiger partial charge in [-0.2, -0.15) is 0 Å². The summed E-state index contributed by atoms with van der Waals surface area (Å²) in [7, 11) is -3.73. The number of nitrogens with one attached hydrogen (secondary N) is 1. The van der Waals surface area contributed by atoms with E-state index in [2.05, 4.69) is 9.71 Å². The molecule has 4 nitrogen and oxygen atoms in total. The molecule has 2 aromatic rings. The van der Waals surface area contributed by atoms with E-state index >= 15 is 0 Å². The number of sulfonamides is 1. The summed E-state index contributed by atoms with van der Waals surface area (Å²) in [6.45, 7) is 0. The van der Waals surface area contributed by atoms with Gasteiger partial charge in [0.2, 0.25) is 0 Å². The van der Waals surface area contributed by atoms with Crippen LogP contribution in [0.1, 0.15) is 0 Å². The second-order valence-corrected chi connectivity index (χ2v) is 5.91. The fourth-order valence-corrected chi connectivity index (χ4v) is 3.16. The maximum absolute atomic E-state index is 12.1. The minimum absolute atomic E-state index is 0.0228. The van der Waals surface area contributed by atoms with Crippen LogP contribution in [-0.4, -0.2) is 13.4 Å². The van der Waals surface area contributed by atoms with Crippen molar-refractivity contribution in [3.8, 4) is 0 Å². The third kappa shape index (κ3) is 2.93. The van der Waals surface area contributed by atoms with Crippen LogP contribution < -0.4 is 4.72 Å². The lowest BCUT2D eigenvalue weighted by atomic mass is 10.4. The van der Waals surface area contributed by atoms with Gasteiger partial charge in [0.15, 0.2) is 0 Å². The molecule has 1 aromatic heterocycles. The van der Waals surface area contributed by atoms with E-state index in [0.29, 0.717) is 10.7 Å². The van der Waals surface area contributed by atoms with E-state index in [4.69, 9.17) is 23.2 Å². The molecule has 0 aliphatic heterocycles. The zero-order valence-electron chi connectivity index (χ0n) is 8.97. The van der Waals surface area contributed by atoms with Crippen LogP contribution in [0.4, 0.5) is 5.69 Å². The van der Waals surface area contributed by atoms with E-state index in [1.807, 2.05) is 0 Å². The van der Waals surface area contributed by atoms with Gasteiger partial charge in [0.1, 0.15) is 4.90 Å². The standard InChI is InChI=1S/C11H8Cl2N2O2S/c12-8-1-2-11(10(13)7-8)18(16,17)15-9-3-5-14-6-4-9/h1-7H,(H,14,15). The molecular weight excluding hydrogens is 295 g/mol. The smallest absolute Gasteiger partial charge is 0.263 e. The van der Waals surface area contributed by atoms with E-state index in [1.54, 1.807) is 12.1 Å². The van der Waals surface area contributed by atoms with Crippen molar-refractivity contribution in [2.75, 3.05) is 4.72 Å². The van der Waals surface area contributed by atoms with Crippen molar-refractivity contribution >= 4 is 38.9 Å². The molecule has 0 radical (unpaired) electrons. The van der Waals surface area contributed by atoms with Gasteiger partial charge in [-0.3, -0.25) is 9.71 Å². The lowest BCUT2D eigenvalue weighted by molar-refractivity contribution is 0.601. The average Bonchev–Trinajstić information content (AvgIpc) is 2.29. The van der Waals surface area contributed by atoms with Gasteiger partial charge >= 0.3 is 0 Å². The van der Waals surface area contributed by atoms with Crippen molar-refractivity contribution in [1.82, 2.24) is 4.98 Å². The molecule has 0 fully saturated rings. The lowest BCUT2D eigenvalue weighted by Crippen LogP contribution is -2.13. The third-order valence-corrected chi connectivity index (χ3v) is 4.22. The maximum Gasteiger partial charge on any atom is 0.263 e. The number of pyridine rings is 1. The predicted octanol–water partition coefficient (Wildman–Crippen LogP) is 3.19. The topological polar surface area (TPSA) is 59.1 Å². The van der Waals surface area contributed by atoms with E-state index in [-0.39, 0.29) is 9.92 Å². The molecule has 0 aliphatic carbocycles. The molecular formula is C11H8Cl2N2O2S. The summed E-state index contributed by atoms with van der Waals surface area (Å²) in [5.74, 6) is 0. The Labute approximate surface area is 115 Å². The zero-order valence-corrected chi connectivity index (χ0v) is 11.3. The molecule has 18 heavy (non-hydrogen) atoms. The number of anilines is 1. The molecule has 1 heterocycles. The quantitative estimate of drug-likeness (QED) is 0.947. The second-order valence-electron chi connectivity index (χ2n) is 3.42. The SMILES string of the molecule is O=S(=O)(Nc1ccncc1)c1ccc(Cl)cc1Cl. The van der Waals surface area contributed by atoms with Crippen LogP contribution in [0.3, 0.4) is 0 Å². The van der Waals surface area contributed by atoms with E-state index in [1.165, 1.54) is 30.6 Å². The first-order valence-corrected chi connectivity index (χ1v) is 7.11. The Hall–Kier alpha value is -1.30. The Kier molecular flexibility index (Phi) is 3.75. The molecule has 0 bridgehead atoms. The summed E-state index contributed by atoms with van der Waals surface area (Å²) in [5, 5.41) is 0.451.